The summed E-state index contributed by atoms with van der Waals surface area (Å²) >= 11 is 0. The zero-order valence-electron chi connectivity index (χ0n) is 15.9. The van der Waals surface area contributed by atoms with Gasteiger partial charge < -0.3 is 14.8 Å². The summed E-state index contributed by atoms with van der Waals surface area (Å²) in [4.78, 5) is 2.53. The van der Waals surface area contributed by atoms with E-state index in [-0.39, 0.29) is 18.2 Å². The van der Waals surface area contributed by atoms with Crippen LogP contribution in [0.1, 0.15) is 12.0 Å². The summed E-state index contributed by atoms with van der Waals surface area (Å²) in [5, 5.41) is 10.8. The second-order valence-corrected chi connectivity index (χ2v) is 7.25. The third-order valence-corrected chi connectivity index (χ3v) is 5.54. The van der Waals surface area contributed by atoms with Gasteiger partial charge in [0.05, 0.1) is 31.7 Å². The number of benzene rings is 1. The van der Waals surface area contributed by atoms with E-state index in [1.54, 1.807) is 12.1 Å². The molecule has 4 rings (SSSR count). The number of morpholine rings is 1. The summed E-state index contributed by atoms with van der Waals surface area (Å²) in [7, 11) is 0. The van der Waals surface area contributed by atoms with Crippen molar-refractivity contribution < 1.29 is 13.9 Å². The lowest BCUT2D eigenvalue weighted by molar-refractivity contribution is 0.00137. The molecular weight excluding hydrogens is 383 g/mol. The maximum Gasteiger partial charge on any atom is 0.123 e. The van der Waals surface area contributed by atoms with E-state index in [4.69, 9.17) is 9.47 Å². The molecule has 2 atom stereocenters. The number of nitrogens with one attached hydrogen (secondary N) is 2. The first kappa shape index (κ1) is 21.2. The summed E-state index contributed by atoms with van der Waals surface area (Å²) in [6.45, 7) is 6.91. The van der Waals surface area contributed by atoms with E-state index in [0.29, 0.717) is 12.0 Å². The molecule has 2 unspecified atom stereocenters. The Morgan fingerprint density at radius 1 is 1.18 bits per heavy atom. The molecule has 1 aromatic carbocycles. The molecule has 8 heteroatoms. The highest BCUT2D eigenvalue weighted by molar-refractivity contribution is 5.85. The van der Waals surface area contributed by atoms with Crippen LogP contribution < -0.4 is 5.32 Å². The number of ether oxygens (including phenoxy) is 2. The van der Waals surface area contributed by atoms with Gasteiger partial charge in [-0.3, -0.25) is 10.00 Å². The number of nitrogens with zero attached hydrogens (tertiary/aromatic N) is 2. The fraction of sp³-hybridized carbons (Fsp3) is 0.550. The standard InChI is InChI=1S/C20H27FN4O2.ClH/c21-18-3-1-15(2-4-18)20-17(12-23-24-20)11-22-13-19(16-5-8-27-14-16)25-6-9-26-10-7-25;/h1-4,12,16,19,22H,5-11,13-14H2,(H,23,24);1H. The van der Waals surface area contributed by atoms with Crippen molar-refractivity contribution in [2.75, 3.05) is 46.1 Å². The Hall–Kier alpha value is -1.51. The van der Waals surface area contributed by atoms with Crippen LogP contribution >= 0.6 is 12.4 Å². The smallest absolute Gasteiger partial charge is 0.123 e. The second-order valence-electron chi connectivity index (χ2n) is 7.25. The molecule has 3 heterocycles. The first-order valence-electron chi connectivity index (χ1n) is 9.69. The minimum Gasteiger partial charge on any atom is -0.381 e. The molecule has 0 bridgehead atoms. The lowest BCUT2D eigenvalue weighted by Gasteiger charge is -2.37. The van der Waals surface area contributed by atoms with E-state index in [9.17, 15) is 4.39 Å². The molecule has 0 aliphatic carbocycles. The van der Waals surface area contributed by atoms with E-state index < -0.39 is 0 Å². The van der Waals surface area contributed by atoms with Gasteiger partial charge in [0, 0.05) is 55.9 Å². The first-order chi connectivity index (χ1) is 13.3. The van der Waals surface area contributed by atoms with Gasteiger partial charge in [-0.15, -0.1) is 12.4 Å². The summed E-state index contributed by atoms with van der Waals surface area (Å²) in [6, 6.07) is 6.96. The van der Waals surface area contributed by atoms with Crippen molar-refractivity contribution in [1.82, 2.24) is 20.4 Å². The van der Waals surface area contributed by atoms with Gasteiger partial charge in [-0.05, 0) is 30.7 Å². The molecule has 28 heavy (non-hydrogen) atoms. The van der Waals surface area contributed by atoms with Crippen LogP contribution in [-0.4, -0.2) is 67.2 Å². The molecule has 0 saturated carbocycles. The number of aromatic amines is 1. The van der Waals surface area contributed by atoms with Crippen molar-refractivity contribution in [2.24, 2.45) is 5.92 Å². The quantitative estimate of drug-likeness (QED) is 0.734. The molecule has 154 valence electrons. The number of rotatable bonds is 7. The maximum absolute atomic E-state index is 13.2. The number of hydrogen-bond acceptors (Lipinski definition) is 5. The molecule has 2 saturated heterocycles. The van der Waals surface area contributed by atoms with Crippen LogP contribution in [0.4, 0.5) is 4.39 Å². The van der Waals surface area contributed by atoms with Gasteiger partial charge >= 0.3 is 0 Å². The molecule has 2 aromatic rings. The number of aromatic nitrogens is 2. The largest absolute Gasteiger partial charge is 0.381 e. The van der Waals surface area contributed by atoms with Crippen LogP contribution in [0.25, 0.3) is 11.3 Å². The summed E-state index contributed by atoms with van der Waals surface area (Å²) < 4.78 is 24.3. The molecule has 0 spiro atoms. The van der Waals surface area contributed by atoms with Crippen molar-refractivity contribution in [3.8, 4) is 11.3 Å². The molecule has 2 fully saturated rings. The van der Waals surface area contributed by atoms with E-state index in [0.717, 1.165) is 75.8 Å². The second kappa shape index (κ2) is 10.3. The zero-order chi connectivity index (χ0) is 18.5. The molecular formula is C20H28ClFN4O2. The molecule has 2 aliphatic rings. The predicted molar refractivity (Wildman–Crippen MR) is 108 cm³/mol. The summed E-state index contributed by atoms with van der Waals surface area (Å²) in [6.07, 6.45) is 2.96. The number of hydrogen-bond donors (Lipinski definition) is 2. The average molecular weight is 411 g/mol. The van der Waals surface area contributed by atoms with Gasteiger partial charge in [0.25, 0.3) is 0 Å². The SMILES string of the molecule is Cl.Fc1ccc(-c2[nH]ncc2CNCC(C2CCOC2)N2CCOCC2)cc1. The lowest BCUT2D eigenvalue weighted by atomic mass is 9.96. The Balaban J connectivity index is 0.00000225. The topological polar surface area (TPSA) is 62.4 Å². The Bertz CT molecular complexity index is 715. The highest BCUT2D eigenvalue weighted by atomic mass is 35.5. The normalized spacial score (nSPS) is 21.4. The lowest BCUT2D eigenvalue weighted by Crippen LogP contribution is -2.51. The highest BCUT2D eigenvalue weighted by Crippen LogP contribution is 2.23. The molecule has 0 radical (unpaired) electrons. The molecule has 6 nitrogen and oxygen atoms in total. The number of H-pyrrole nitrogens is 1. The van der Waals surface area contributed by atoms with Crippen LogP contribution in [0.3, 0.4) is 0 Å². The fourth-order valence-electron chi connectivity index (χ4n) is 4.03. The van der Waals surface area contributed by atoms with Crippen molar-refractivity contribution >= 4 is 12.4 Å². The highest BCUT2D eigenvalue weighted by Gasteiger charge is 2.31. The van der Waals surface area contributed by atoms with Crippen LogP contribution in [0.5, 0.6) is 0 Å². The Morgan fingerprint density at radius 3 is 2.68 bits per heavy atom. The maximum atomic E-state index is 13.2. The van der Waals surface area contributed by atoms with E-state index in [1.807, 2.05) is 6.20 Å². The Morgan fingerprint density at radius 2 is 1.96 bits per heavy atom. The Labute approximate surface area is 171 Å². The number of halogens is 2. The van der Waals surface area contributed by atoms with Gasteiger partial charge in [0.1, 0.15) is 5.82 Å². The molecule has 2 aliphatic heterocycles. The van der Waals surface area contributed by atoms with Crippen molar-refractivity contribution in [2.45, 2.75) is 19.0 Å². The van der Waals surface area contributed by atoms with E-state index in [2.05, 4.69) is 20.4 Å². The van der Waals surface area contributed by atoms with Gasteiger partial charge in [-0.1, -0.05) is 0 Å². The fourth-order valence-corrected chi connectivity index (χ4v) is 4.03. The Kier molecular flexibility index (Phi) is 7.82. The minimum atomic E-state index is -0.231. The van der Waals surface area contributed by atoms with Gasteiger partial charge in [0.15, 0.2) is 0 Å². The first-order valence-corrected chi connectivity index (χ1v) is 9.69. The van der Waals surface area contributed by atoms with Crippen molar-refractivity contribution in [3.63, 3.8) is 0 Å². The zero-order valence-corrected chi connectivity index (χ0v) is 16.7. The van der Waals surface area contributed by atoms with Gasteiger partial charge in [0.2, 0.25) is 0 Å². The minimum absolute atomic E-state index is 0. The summed E-state index contributed by atoms with van der Waals surface area (Å²) in [5.41, 5.74) is 2.97. The monoisotopic (exact) mass is 410 g/mol. The third kappa shape index (κ3) is 5.10. The van der Waals surface area contributed by atoms with Crippen molar-refractivity contribution in [3.05, 3.63) is 41.8 Å². The molecule has 0 amide bonds. The van der Waals surface area contributed by atoms with E-state index in [1.165, 1.54) is 12.1 Å². The van der Waals surface area contributed by atoms with Crippen LogP contribution in [0.15, 0.2) is 30.5 Å². The third-order valence-electron chi connectivity index (χ3n) is 5.54. The predicted octanol–water partition coefficient (Wildman–Crippen LogP) is 2.46. The van der Waals surface area contributed by atoms with E-state index >= 15 is 0 Å². The van der Waals surface area contributed by atoms with Crippen LogP contribution in [-0.2, 0) is 16.0 Å². The van der Waals surface area contributed by atoms with Crippen molar-refractivity contribution in [1.29, 1.82) is 0 Å². The van der Waals surface area contributed by atoms with Crippen LogP contribution in [0, 0.1) is 11.7 Å². The molecule has 2 N–H and O–H groups in total. The average Bonchev–Trinajstić information content (AvgIpc) is 3.39. The van der Waals surface area contributed by atoms with Gasteiger partial charge in [-0.25, -0.2) is 4.39 Å². The summed E-state index contributed by atoms with van der Waals surface area (Å²) in [5.74, 6) is 0.335. The van der Waals surface area contributed by atoms with Gasteiger partial charge in [-0.2, -0.15) is 5.10 Å². The van der Waals surface area contributed by atoms with Crippen LogP contribution in [0.2, 0.25) is 0 Å². The molecule has 1 aromatic heterocycles.